The van der Waals surface area contributed by atoms with Crippen LogP contribution < -0.4 is 10.4 Å². The molecule has 0 bridgehead atoms. The maximum atomic E-state index is 13.8. The van der Waals surface area contributed by atoms with Gasteiger partial charge in [-0.05, 0) is 61.8 Å². The molecule has 2 fully saturated rings. The summed E-state index contributed by atoms with van der Waals surface area (Å²) >= 11 is 6.39. The fourth-order valence-corrected chi connectivity index (χ4v) is 8.87. The highest BCUT2D eigenvalue weighted by atomic mass is 35.5. The molecule has 8 atom stereocenters. The summed E-state index contributed by atoms with van der Waals surface area (Å²) in [7, 11) is 0. The number of nitrogens with zero attached hydrogens (tertiary/aromatic N) is 1. The van der Waals surface area contributed by atoms with Crippen LogP contribution in [0.1, 0.15) is 75.9 Å². The summed E-state index contributed by atoms with van der Waals surface area (Å²) in [6, 6.07) is 11.5. The number of benzene rings is 1. The number of hydrogen-bond donors (Lipinski definition) is 1. The number of aromatic nitrogens is 1. The molecule has 0 saturated heterocycles. The maximum Gasteiger partial charge on any atom is 0.345 e. The van der Waals surface area contributed by atoms with E-state index in [-0.39, 0.29) is 40.7 Å². The fraction of sp³-hybridized carbons (Fsp3) is 0.472. The van der Waals surface area contributed by atoms with E-state index in [4.69, 9.17) is 35.0 Å². The molecule has 3 aromatic rings. The lowest BCUT2D eigenvalue weighted by molar-refractivity contribution is -0.266. The van der Waals surface area contributed by atoms with Crippen molar-refractivity contribution in [1.82, 2.24) is 4.98 Å². The van der Waals surface area contributed by atoms with Gasteiger partial charge in [0.1, 0.15) is 41.5 Å². The number of ether oxygens (including phenoxy) is 4. The number of carbonyl (C=O) groups is 3. The Morgan fingerprint density at radius 3 is 2.46 bits per heavy atom. The van der Waals surface area contributed by atoms with Gasteiger partial charge in [0, 0.05) is 49.2 Å². The lowest BCUT2D eigenvalue weighted by Crippen LogP contribution is -2.71. The van der Waals surface area contributed by atoms with Crippen LogP contribution >= 0.6 is 11.6 Å². The Morgan fingerprint density at radius 1 is 1.04 bits per heavy atom. The van der Waals surface area contributed by atoms with Crippen LogP contribution in [0.2, 0.25) is 5.02 Å². The number of halogens is 1. The van der Waals surface area contributed by atoms with Crippen molar-refractivity contribution in [3.05, 3.63) is 81.4 Å². The number of esters is 3. The first-order chi connectivity index (χ1) is 22.7. The van der Waals surface area contributed by atoms with Gasteiger partial charge in [-0.1, -0.05) is 37.6 Å². The van der Waals surface area contributed by atoms with E-state index in [1.165, 1.54) is 13.8 Å². The normalized spacial score (nSPS) is 32.0. The van der Waals surface area contributed by atoms with Gasteiger partial charge in [0.25, 0.3) is 0 Å². The van der Waals surface area contributed by atoms with Gasteiger partial charge >= 0.3 is 23.5 Å². The molecule has 48 heavy (non-hydrogen) atoms. The van der Waals surface area contributed by atoms with E-state index in [2.05, 4.69) is 4.98 Å². The van der Waals surface area contributed by atoms with Crippen molar-refractivity contribution in [3.63, 3.8) is 0 Å². The Labute approximate surface area is 282 Å². The Kier molecular flexibility index (Phi) is 8.66. The van der Waals surface area contributed by atoms with E-state index in [0.717, 1.165) is 0 Å². The molecule has 6 rings (SSSR count). The number of aliphatic hydroxyl groups excluding tert-OH is 1. The molecule has 3 aliphatic rings. The van der Waals surface area contributed by atoms with Gasteiger partial charge in [0.05, 0.1) is 16.7 Å². The predicted molar refractivity (Wildman–Crippen MR) is 172 cm³/mol. The molecule has 2 aliphatic carbocycles. The molecule has 12 heteroatoms. The molecular weight excluding hydrogens is 642 g/mol. The van der Waals surface area contributed by atoms with E-state index < -0.39 is 70.1 Å². The van der Waals surface area contributed by atoms with Gasteiger partial charge in [-0.2, -0.15) is 0 Å². The molecule has 1 aliphatic heterocycles. The lowest BCUT2D eigenvalue weighted by atomic mass is 9.42. The number of carbonyl (C=O) groups excluding carboxylic acids is 3. The van der Waals surface area contributed by atoms with Gasteiger partial charge in [0.15, 0.2) is 0 Å². The second-order valence-corrected chi connectivity index (χ2v) is 14.1. The lowest BCUT2D eigenvalue weighted by Gasteiger charge is -2.66. The molecule has 0 spiro atoms. The highest BCUT2D eigenvalue weighted by Gasteiger charge is 2.71. The molecule has 1 aromatic carbocycles. The molecule has 11 nitrogen and oxygen atoms in total. The first-order valence-corrected chi connectivity index (χ1v) is 16.3. The number of fused-ring (bicyclic) bond motifs is 4. The summed E-state index contributed by atoms with van der Waals surface area (Å²) in [4.78, 5) is 55.9. The maximum absolute atomic E-state index is 13.8. The monoisotopic (exact) mass is 679 g/mol. The van der Waals surface area contributed by atoms with Crippen LogP contribution in [0.4, 0.5) is 0 Å². The zero-order valence-corrected chi connectivity index (χ0v) is 28.1. The van der Waals surface area contributed by atoms with Crippen molar-refractivity contribution in [2.24, 2.45) is 22.7 Å². The van der Waals surface area contributed by atoms with Gasteiger partial charge in [0.2, 0.25) is 0 Å². The molecule has 254 valence electrons. The Morgan fingerprint density at radius 2 is 1.79 bits per heavy atom. The zero-order chi connectivity index (χ0) is 34.6. The van der Waals surface area contributed by atoms with E-state index in [9.17, 15) is 24.3 Å². The van der Waals surface area contributed by atoms with Crippen molar-refractivity contribution in [2.45, 2.75) is 77.8 Å². The Bertz CT molecular complexity index is 1810. The smallest absolute Gasteiger partial charge is 0.345 e. The molecule has 1 N–H and O–H groups in total. The van der Waals surface area contributed by atoms with Gasteiger partial charge in [-0.3, -0.25) is 14.6 Å². The third-order valence-corrected chi connectivity index (χ3v) is 11.1. The first kappa shape index (κ1) is 33.7. The van der Waals surface area contributed by atoms with Crippen molar-refractivity contribution in [1.29, 1.82) is 0 Å². The Hall–Kier alpha value is -4.22. The quantitative estimate of drug-likeness (QED) is 0.252. The van der Waals surface area contributed by atoms with Gasteiger partial charge in [-0.25, -0.2) is 9.59 Å². The minimum absolute atomic E-state index is 0.0491. The van der Waals surface area contributed by atoms with Crippen LogP contribution in [-0.2, 0) is 23.8 Å². The van der Waals surface area contributed by atoms with Crippen LogP contribution in [0.25, 0.3) is 11.3 Å². The van der Waals surface area contributed by atoms with Crippen LogP contribution in [0.15, 0.2) is 64.1 Å². The van der Waals surface area contributed by atoms with Crippen molar-refractivity contribution in [3.8, 4) is 17.1 Å². The van der Waals surface area contributed by atoms with Crippen molar-refractivity contribution < 1.29 is 42.9 Å². The largest absolute Gasteiger partial charge is 0.482 e. The second kappa shape index (κ2) is 12.3. The summed E-state index contributed by atoms with van der Waals surface area (Å²) in [6.07, 6.45) is 1.09. The highest BCUT2D eigenvalue weighted by Crippen LogP contribution is 2.67. The number of pyridine rings is 1. The molecule has 0 radical (unpaired) electrons. The third-order valence-electron chi connectivity index (χ3n) is 10.8. The van der Waals surface area contributed by atoms with Crippen LogP contribution in [-0.4, -0.2) is 52.4 Å². The van der Waals surface area contributed by atoms with E-state index in [1.54, 1.807) is 61.8 Å². The summed E-state index contributed by atoms with van der Waals surface area (Å²) < 4.78 is 30.2. The summed E-state index contributed by atoms with van der Waals surface area (Å²) in [5.74, 6) is -2.69. The van der Waals surface area contributed by atoms with E-state index in [0.29, 0.717) is 18.4 Å². The molecule has 2 unspecified atom stereocenters. The average Bonchev–Trinajstić information content (AvgIpc) is 3.02. The summed E-state index contributed by atoms with van der Waals surface area (Å²) in [6.45, 7) is 8.16. The minimum Gasteiger partial charge on any atom is -0.482 e. The van der Waals surface area contributed by atoms with E-state index in [1.807, 2.05) is 13.8 Å². The molecule has 3 heterocycles. The van der Waals surface area contributed by atoms with Crippen LogP contribution in [0.3, 0.4) is 0 Å². The molecule has 0 amide bonds. The minimum atomic E-state index is -1.41. The molecule has 2 saturated carbocycles. The standard InChI is InChI=1S/C36H38ClNO10/c1-19(39)44-18-35(4)26-16-28(47-32(42)22-10-6-7-11-23(22)37)36(5)31(34(26,3)13-12-27(35)45-20(2)40)30(41)29-25(48-36)15-24(46-33(29)43)21-9-8-14-38-17-21/h6-11,14-15,17,26-28,30-31,41H,12-13,16,18H2,1-5H3/t26?,27-,28-,30-,31?,34-,35+,36+/m0/s1. The first-order valence-electron chi connectivity index (χ1n) is 15.9. The molecule has 2 aromatic heterocycles. The van der Waals surface area contributed by atoms with Crippen molar-refractivity contribution >= 4 is 29.5 Å². The number of rotatable bonds is 6. The fourth-order valence-electron chi connectivity index (χ4n) is 8.66. The second-order valence-electron chi connectivity index (χ2n) is 13.7. The topological polar surface area (TPSA) is 151 Å². The molecular formula is C36H38ClNO10. The third kappa shape index (κ3) is 5.56. The zero-order valence-electron chi connectivity index (χ0n) is 27.4. The van der Waals surface area contributed by atoms with E-state index >= 15 is 0 Å². The van der Waals surface area contributed by atoms with Gasteiger partial charge in [-0.15, -0.1) is 0 Å². The van der Waals surface area contributed by atoms with Gasteiger partial charge < -0.3 is 28.5 Å². The van der Waals surface area contributed by atoms with Crippen molar-refractivity contribution in [2.75, 3.05) is 6.61 Å². The average molecular weight is 680 g/mol. The summed E-state index contributed by atoms with van der Waals surface area (Å²) in [5, 5.41) is 12.5. The SMILES string of the molecule is CC(=O)OC[C@]1(C)C2C[C@H](OC(=O)c3ccccc3Cl)[C@@]3(C)Oc4cc(-c5cccnc5)oc(=O)c4[C@H](O)C3[C@@]2(C)CC[C@@H]1OC(C)=O. The predicted octanol–water partition coefficient (Wildman–Crippen LogP) is 5.70. The summed E-state index contributed by atoms with van der Waals surface area (Å²) in [5.41, 5.74) is -3.29. The number of aliphatic hydroxyl groups is 1. The van der Waals surface area contributed by atoms with Crippen LogP contribution in [0.5, 0.6) is 5.75 Å². The number of hydrogen-bond acceptors (Lipinski definition) is 11. The highest BCUT2D eigenvalue weighted by molar-refractivity contribution is 6.33. The Balaban J connectivity index is 1.51. The van der Waals surface area contributed by atoms with Crippen LogP contribution in [0, 0.1) is 22.7 Å².